The Morgan fingerprint density at radius 2 is 1.89 bits per heavy atom. The molecule has 0 aromatic heterocycles. The third-order valence-corrected chi connectivity index (χ3v) is 7.45. The second-order valence-corrected chi connectivity index (χ2v) is 9.70. The van der Waals surface area contributed by atoms with Gasteiger partial charge in [0.1, 0.15) is 6.67 Å². The fourth-order valence-electron chi connectivity index (χ4n) is 5.96. The molecule has 2 nitrogen and oxygen atoms in total. The average molecular weight is 375 g/mol. The van der Waals surface area contributed by atoms with Crippen molar-refractivity contribution >= 4 is 0 Å². The third-order valence-electron chi connectivity index (χ3n) is 7.45. The summed E-state index contributed by atoms with van der Waals surface area (Å²) in [6, 6.07) is 7.32. The van der Waals surface area contributed by atoms with Gasteiger partial charge in [-0.25, -0.2) is 4.39 Å². The molecule has 0 heterocycles. The molecule has 0 bridgehead atoms. The first-order valence-electron chi connectivity index (χ1n) is 11.0. The number of benzene rings is 1. The van der Waals surface area contributed by atoms with Gasteiger partial charge in [0.25, 0.3) is 0 Å². The van der Waals surface area contributed by atoms with E-state index in [1.165, 1.54) is 37.7 Å². The number of aryl methyl sites for hydroxylation is 1. The highest BCUT2D eigenvalue weighted by Gasteiger charge is 2.51. The third kappa shape index (κ3) is 4.24. The van der Waals surface area contributed by atoms with E-state index in [9.17, 15) is 4.39 Å². The zero-order valence-electron chi connectivity index (χ0n) is 17.8. The monoisotopic (exact) mass is 374 g/mol. The number of fused-ring (bicyclic) bond motifs is 3. The molecular weight excluding hydrogens is 335 g/mol. The molecule has 0 unspecified atom stereocenters. The van der Waals surface area contributed by atoms with Gasteiger partial charge in [-0.3, -0.25) is 0 Å². The molecule has 3 atom stereocenters. The van der Waals surface area contributed by atoms with Gasteiger partial charge in [0.05, 0.1) is 0 Å². The quantitative estimate of drug-likeness (QED) is 0.628. The Kier molecular flexibility index (Phi) is 6.63. The number of alkyl halides is 1. The molecule has 2 aliphatic carbocycles. The summed E-state index contributed by atoms with van der Waals surface area (Å²) >= 11 is 0. The zero-order valence-corrected chi connectivity index (χ0v) is 17.8. The van der Waals surface area contributed by atoms with Crippen LogP contribution >= 0.6 is 0 Å². The Morgan fingerprint density at radius 1 is 1.11 bits per heavy atom. The highest BCUT2D eigenvalue weighted by atomic mass is 19.1. The maximum Gasteiger partial charge on any atom is 0.102 e. The molecular formula is C24H39FN2. The molecule has 0 radical (unpaired) electrons. The summed E-state index contributed by atoms with van der Waals surface area (Å²) in [6.07, 6.45) is 6.49. The lowest BCUT2D eigenvalue weighted by Gasteiger charge is -2.55. The van der Waals surface area contributed by atoms with Gasteiger partial charge < -0.3 is 10.6 Å². The number of hydrogen-bond acceptors (Lipinski definition) is 2. The second-order valence-electron chi connectivity index (χ2n) is 9.70. The second kappa shape index (κ2) is 8.61. The van der Waals surface area contributed by atoms with Crippen LogP contribution in [0.2, 0.25) is 0 Å². The first kappa shape index (κ1) is 20.8. The van der Waals surface area contributed by atoms with Crippen molar-refractivity contribution in [2.24, 2.45) is 11.3 Å². The molecule has 1 aromatic carbocycles. The van der Waals surface area contributed by atoms with E-state index in [1.54, 1.807) is 11.1 Å². The van der Waals surface area contributed by atoms with E-state index in [0.717, 1.165) is 25.6 Å². The lowest BCUT2D eigenvalue weighted by atomic mass is 9.49. The molecule has 2 aliphatic rings. The number of nitrogens with one attached hydrogen (secondary N) is 2. The Bertz CT molecular complexity index is 629. The highest BCUT2D eigenvalue weighted by molar-refractivity contribution is 5.42. The van der Waals surface area contributed by atoms with Crippen molar-refractivity contribution in [2.45, 2.75) is 71.1 Å². The van der Waals surface area contributed by atoms with Crippen LogP contribution in [-0.4, -0.2) is 32.9 Å². The Hall–Kier alpha value is -0.930. The van der Waals surface area contributed by atoms with E-state index < -0.39 is 0 Å². The van der Waals surface area contributed by atoms with E-state index in [0.29, 0.717) is 23.3 Å². The van der Waals surface area contributed by atoms with Crippen LogP contribution in [0.3, 0.4) is 0 Å². The van der Waals surface area contributed by atoms with E-state index in [1.807, 2.05) is 0 Å². The van der Waals surface area contributed by atoms with Gasteiger partial charge in [0.15, 0.2) is 0 Å². The van der Waals surface area contributed by atoms with Gasteiger partial charge >= 0.3 is 0 Å². The molecule has 1 saturated carbocycles. The predicted octanol–water partition coefficient (Wildman–Crippen LogP) is 4.97. The first-order chi connectivity index (χ1) is 12.9. The molecule has 1 fully saturated rings. The standard InChI is InChI=1S/C24H39FN2/c1-18(2)19-6-8-21-20(16-19)7-9-22-23(3,10-5-11-24(21,22)4)17-27-15-14-26-13-12-25/h6,8,16,18,22,26-27H,5,7,9-15,17H2,1-4H3/t22-,23-,24+/m0/s1. The van der Waals surface area contributed by atoms with Gasteiger partial charge in [-0.15, -0.1) is 0 Å². The van der Waals surface area contributed by atoms with Gasteiger partial charge in [-0.2, -0.15) is 0 Å². The maximum atomic E-state index is 12.2. The molecule has 2 N–H and O–H groups in total. The van der Waals surface area contributed by atoms with Crippen LogP contribution in [-0.2, 0) is 11.8 Å². The number of hydrogen-bond donors (Lipinski definition) is 2. The van der Waals surface area contributed by atoms with Crippen LogP contribution < -0.4 is 10.6 Å². The maximum absolute atomic E-state index is 12.2. The lowest BCUT2D eigenvalue weighted by Crippen LogP contribution is -2.53. The Morgan fingerprint density at radius 3 is 2.63 bits per heavy atom. The largest absolute Gasteiger partial charge is 0.315 e. The van der Waals surface area contributed by atoms with Crippen LogP contribution in [0.15, 0.2) is 18.2 Å². The zero-order chi connectivity index (χ0) is 19.5. The molecule has 0 amide bonds. The van der Waals surface area contributed by atoms with Crippen molar-refractivity contribution in [3.63, 3.8) is 0 Å². The predicted molar refractivity (Wildman–Crippen MR) is 113 cm³/mol. The van der Waals surface area contributed by atoms with Crippen LogP contribution in [0.25, 0.3) is 0 Å². The van der Waals surface area contributed by atoms with Crippen molar-refractivity contribution in [2.75, 3.05) is 32.9 Å². The van der Waals surface area contributed by atoms with Crippen molar-refractivity contribution in [1.82, 2.24) is 10.6 Å². The minimum Gasteiger partial charge on any atom is -0.315 e. The summed E-state index contributed by atoms with van der Waals surface area (Å²) in [7, 11) is 0. The van der Waals surface area contributed by atoms with E-state index in [2.05, 4.69) is 56.5 Å². The summed E-state index contributed by atoms with van der Waals surface area (Å²) in [6.45, 7) is 12.7. The fourth-order valence-corrected chi connectivity index (χ4v) is 5.96. The van der Waals surface area contributed by atoms with Crippen LogP contribution in [0.1, 0.15) is 76.0 Å². The summed E-state index contributed by atoms with van der Waals surface area (Å²) in [5, 5.41) is 6.81. The molecule has 0 saturated heterocycles. The first-order valence-corrected chi connectivity index (χ1v) is 11.0. The summed E-state index contributed by atoms with van der Waals surface area (Å²) in [5.74, 6) is 1.34. The number of rotatable bonds is 8. The van der Waals surface area contributed by atoms with Crippen molar-refractivity contribution in [3.05, 3.63) is 34.9 Å². The smallest absolute Gasteiger partial charge is 0.102 e. The van der Waals surface area contributed by atoms with Gasteiger partial charge in [0, 0.05) is 26.2 Å². The molecule has 3 rings (SSSR count). The van der Waals surface area contributed by atoms with Gasteiger partial charge in [-0.1, -0.05) is 52.3 Å². The van der Waals surface area contributed by atoms with E-state index in [4.69, 9.17) is 0 Å². The topological polar surface area (TPSA) is 24.1 Å². The molecule has 27 heavy (non-hydrogen) atoms. The normalized spacial score (nSPS) is 30.2. The van der Waals surface area contributed by atoms with Gasteiger partial charge in [-0.05, 0) is 65.0 Å². The SMILES string of the molecule is CC(C)c1ccc2c(c1)CC[C@H]1[C@](C)(CNCCNCCF)CCC[C@]21C. The Balaban J connectivity index is 1.73. The minimum absolute atomic E-state index is 0.282. The van der Waals surface area contributed by atoms with E-state index >= 15 is 0 Å². The van der Waals surface area contributed by atoms with Crippen LogP contribution in [0.5, 0.6) is 0 Å². The van der Waals surface area contributed by atoms with Crippen LogP contribution in [0, 0.1) is 11.3 Å². The van der Waals surface area contributed by atoms with Crippen molar-refractivity contribution in [1.29, 1.82) is 0 Å². The molecule has 1 aromatic rings. The molecule has 0 aliphatic heterocycles. The summed E-state index contributed by atoms with van der Waals surface area (Å²) in [4.78, 5) is 0. The Labute approximate surface area is 165 Å². The lowest BCUT2D eigenvalue weighted by molar-refractivity contribution is 0.0261. The fraction of sp³-hybridized carbons (Fsp3) is 0.750. The van der Waals surface area contributed by atoms with Crippen molar-refractivity contribution in [3.8, 4) is 0 Å². The highest BCUT2D eigenvalue weighted by Crippen LogP contribution is 2.57. The molecule has 0 spiro atoms. The average Bonchev–Trinajstić information content (AvgIpc) is 2.64. The van der Waals surface area contributed by atoms with E-state index in [-0.39, 0.29) is 6.67 Å². The molecule has 152 valence electrons. The minimum atomic E-state index is -0.282. The number of halogens is 1. The summed E-state index contributed by atoms with van der Waals surface area (Å²) < 4.78 is 12.2. The summed E-state index contributed by atoms with van der Waals surface area (Å²) in [5.41, 5.74) is 5.37. The van der Waals surface area contributed by atoms with Crippen LogP contribution in [0.4, 0.5) is 4.39 Å². The van der Waals surface area contributed by atoms with Gasteiger partial charge in [0.2, 0.25) is 0 Å². The molecule has 3 heteroatoms. The van der Waals surface area contributed by atoms with Crippen molar-refractivity contribution < 1.29 is 4.39 Å².